The van der Waals surface area contributed by atoms with Crippen molar-refractivity contribution in [1.29, 1.82) is 0 Å². The Kier molecular flexibility index (Phi) is 6.05. The number of aliphatic carboxylic acids is 1. The van der Waals surface area contributed by atoms with Gasteiger partial charge < -0.3 is 15.7 Å². The topological polar surface area (TPSA) is 78.4 Å². The molecule has 1 aliphatic rings. The fourth-order valence-electron chi connectivity index (χ4n) is 2.76. The lowest BCUT2D eigenvalue weighted by molar-refractivity contribution is -0.146. The fraction of sp³-hybridized carbons (Fsp3) is 0.733. The molecule has 20 heavy (non-hydrogen) atoms. The van der Waals surface area contributed by atoms with Crippen molar-refractivity contribution in [2.75, 3.05) is 0 Å². The zero-order valence-corrected chi connectivity index (χ0v) is 12.4. The van der Waals surface area contributed by atoms with Gasteiger partial charge in [-0.15, -0.1) is 6.58 Å². The second-order valence-corrected chi connectivity index (χ2v) is 5.76. The van der Waals surface area contributed by atoms with Crippen molar-refractivity contribution in [3.05, 3.63) is 12.7 Å². The van der Waals surface area contributed by atoms with Gasteiger partial charge in [0.15, 0.2) is 0 Å². The molecule has 0 spiro atoms. The summed E-state index contributed by atoms with van der Waals surface area (Å²) >= 11 is 0. The van der Waals surface area contributed by atoms with E-state index < -0.39 is 17.5 Å². The number of rotatable bonds is 6. The van der Waals surface area contributed by atoms with E-state index >= 15 is 0 Å². The van der Waals surface area contributed by atoms with Gasteiger partial charge in [-0.05, 0) is 44.9 Å². The highest BCUT2D eigenvalue weighted by molar-refractivity contribution is 5.86. The Morgan fingerprint density at radius 1 is 1.45 bits per heavy atom. The fourth-order valence-corrected chi connectivity index (χ4v) is 2.76. The largest absolute Gasteiger partial charge is 0.480 e. The highest BCUT2D eigenvalue weighted by atomic mass is 16.4. The lowest BCUT2D eigenvalue weighted by Gasteiger charge is -2.37. The van der Waals surface area contributed by atoms with Gasteiger partial charge in [0.25, 0.3) is 0 Å². The smallest absolute Gasteiger partial charge is 0.329 e. The van der Waals surface area contributed by atoms with E-state index in [4.69, 9.17) is 0 Å². The molecule has 1 aliphatic carbocycles. The van der Waals surface area contributed by atoms with Gasteiger partial charge in [-0.1, -0.05) is 19.4 Å². The SMILES string of the molecule is C=CCC(C)NC(=O)NC1(C(=O)O)CCC(CC)CC1. The number of hydrogen-bond donors (Lipinski definition) is 3. The summed E-state index contributed by atoms with van der Waals surface area (Å²) in [6.45, 7) is 7.60. The van der Waals surface area contributed by atoms with Crippen LogP contribution in [-0.4, -0.2) is 28.7 Å². The quantitative estimate of drug-likeness (QED) is 0.655. The van der Waals surface area contributed by atoms with Crippen LogP contribution in [-0.2, 0) is 4.79 Å². The van der Waals surface area contributed by atoms with Crippen molar-refractivity contribution in [3.63, 3.8) is 0 Å². The van der Waals surface area contributed by atoms with Crippen LogP contribution in [0.4, 0.5) is 4.79 Å². The number of carboxylic acid groups (broad SMARTS) is 1. The molecule has 5 nitrogen and oxygen atoms in total. The molecule has 5 heteroatoms. The van der Waals surface area contributed by atoms with Crippen LogP contribution in [0.5, 0.6) is 0 Å². The molecule has 0 aliphatic heterocycles. The number of amides is 2. The van der Waals surface area contributed by atoms with Crippen molar-refractivity contribution in [2.45, 2.75) is 64.0 Å². The van der Waals surface area contributed by atoms with E-state index in [1.54, 1.807) is 6.08 Å². The zero-order valence-electron chi connectivity index (χ0n) is 12.4. The third kappa shape index (κ3) is 4.25. The van der Waals surface area contributed by atoms with Gasteiger partial charge in [0, 0.05) is 6.04 Å². The number of urea groups is 1. The van der Waals surface area contributed by atoms with E-state index in [0.717, 1.165) is 19.3 Å². The molecular formula is C15H26N2O3. The summed E-state index contributed by atoms with van der Waals surface area (Å²) in [6, 6.07) is -0.456. The first-order chi connectivity index (χ1) is 9.43. The normalized spacial score (nSPS) is 27.4. The van der Waals surface area contributed by atoms with Gasteiger partial charge in [-0.2, -0.15) is 0 Å². The molecule has 1 unspecified atom stereocenters. The summed E-state index contributed by atoms with van der Waals surface area (Å²) in [7, 11) is 0. The summed E-state index contributed by atoms with van der Waals surface area (Å²) in [5, 5.41) is 14.9. The predicted octanol–water partition coefficient (Wildman–Crippen LogP) is 2.67. The first-order valence-electron chi connectivity index (χ1n) is 7.36. The Labute approximate surface area is 120 Å². The molecule has 0 aromatic rings. The molecule has 3 N–H and O–H groups in total. The molecule has 2 amide bonds. The molecule has 1 fully saturated rings. The summed E-state index contributed by atoms with van der Waals surface area (Å²) in [6.07, 6.45) is 6.17. The van der Waals surface area contributed by atoms with Crippen molar-refractivity contribution in [1.82, 2.24) is 10.6 Å². The summed E-state index contributed by atoms with van der Waals surface area (Å²) in [5.74, 6) is -0.356. The third-order valence-corrected chi connectivity index (χ3v) is 4.20. The highest BCUT2D eigenvalue weighted by Crippen LogP contribution is 2.33. The Hall–Kier alpha value is -1.52. The van der Waals surface area contributed by atoms with E-state index in [9.17, 15) is 14.7 Å². The number of carboxylic acids is 1. The average Bonchev–Trinajstić information content (AvgIpc) is 2.39. The lowest BCUT2D eigenvalue weighted by Crippen LogP contribution is -2.59. The van der Waals surface area contributed by atoms with Crippen LogP contribution >= 0.6 is 0 Å². The second kappa shape index (κ2) is 7.31. The predicted molar refractivity (Wildman–Crippen MR) is 78.6 cm³/mol. The molecule has 0 saturated heterocycles. The molecule has 0 aromatic carbocycles. The van der Waals surface area contributed by atoms with Gasteiger partial charge in [0.05, 0.1) is 0 Å². The van der Waals surface area contributed by atoms with Crippen LogP contribution in [0.3, 0.4) is 0 Å². The van der Waals surface area contributed by atoms with Gasteiger partial charge >= 0.3 is 12.0 Å². The second-order valence-electron chi connectivity index (χ2n) is 5.76. The van der Waals surface area contributed by atoms with Crippen molar-refractivity contribution in [2.24, 2.45) is 5.92 Å². The van der Waals surface area contributed by atoms with E-state index in [2.05, 4.69) is 24.1 Å². The minimum atomic E-state index is -1.11. The van der Waals surface area contributed by atoms with Gasteiger partial charge in [0.1, 0.15) is 5.54 Å². The van der Waals surface area contributed by atoms with Crippen LogP contribution in [0, 0.1) is 5.92 Å². The van der Waals surface area contributed by atoms with Crippen LogP contribution < -0.4 is 10.6 Å². The maximum Gasteiger partial charge on any atom is 0.329 e. The molecule has 1 saturated carbocycles. The number of carbonyl (C=O) groups is 2. The minimum Gasteiger partial charge on any atom is -0.480 e. The minimum absolute atomic E-state index is 0.0506. The summed E-state index contributed by atoms with van der Waals surface area (Å²) < 4.78 is 0. The van der Waals surface area contributed by atoms with E-state index in [-0.39, 0.29) is 6.04 Å². The number of hydrogen-bond acceptors (Lipinski definition) is 2. The van der Waals surface area contributed by atoms with Crippen LogP contribution in [0.25, 0.3) is 0 Å². The Morgan fingerprint density at radius 2 is 2.05 bits per heavy atom. The van der Waals surface area contributed by atoms with Crippen LogP contribution in [0.1, 0.15) is 52.4 Å². The summed E-state index contributed by atoms with van der Waals surface area (Å²) in [4.78, 5) is 23.5. The molecule has 1 rings (SSSR count). The first kappa shape index (κ1) is 16.5. The maximum absolute atomic E-state index is 11.9. The third-order valence-electron chi connectivity index (χ3n) is 4.20. The number of nitrogens with one attached hydrogen (secondary N) is 2. The molecule has 0 aromatic heterocycles. The Bertz CT molecular complexity index is 360. The molecule has 0 heterocycles. The molecule has 0 bridgehead atoms. The lowest BCUT2D eigenvalue weighted by atomic mass is 9.75. The number of carbonyl (C=O) groups excluding carboxylic acids is 1. The first-order valence-corrected chi connectivity index (χ1v) is 7.36. The van der Waals surface area contributed by atoms with E-state index in [1.165, 1.54) is 0 Å². The van der Waals surface area contributed by atoms with Gasteiger partial charge in [0.2, 0.25) is 0 Å². The Balaban J connectivity index is 2.62. The van der Waals surface area contributed by atoms with Crippen molar-refractivity contribution < 1.29 is 14.7 Å². The molecule has 0 radical (unpaired) electrons. The van der Waals surface area contributed by atoms with Crippen molar-refractivity contribution in [3.8, 4) is 0 Å². The van der Waals surface area contributed by atoms with E-state index in [0.29, 0.717) is 25.2 Å². The standard InChI is InChI=1S/C15H26N2O3/c1-4-6-11(3)16-14(20)17-15(13(18)19)9-7-12(5-2)8-10-15/h4,11-12H,1,5-10H2,2-3H3,(H,18,19)(H2,16,17,20). The van der Waals surface area contributed by atoms with Crippen LogP contribution in [0.2, 0.25) is 0 Å². The maximum atomic E-state index is 11.9. The van der Waals surface area contributed by atoms with Crippen LogP contribution in [0.15, 0.2) is 12.7 Å². The molecule has 1 atom stereocenters. The summed E-state index contributed by atoms with van der Waals surface area (Å²) in [5.41, 5.74) is -1.11. The van der Waals surface area contributed by atoms with Crippen molar-refractivity contribution >= 4 is 12.0 Å². The molecule has 114 valence electrons. The monoisotopic (exact) mass is 282 g/mol. The van der Waals surface area contributed by atoms with E-state index in [1.807, 2.05) is 6.92 Å². The molecular weight excluding hydrogens is 256 g/mol. The van der Waals surface area contributed by atoms with Gasteiger partial charge in [-0.3, -0.25) is 0 Å². The Morgan fingerprint density at radius 3 is 2.50 bits per heavy atom. The highest BCUT2D eigenvalue weighted by Gasteiger charge is 2.43. The average molecular weight is 282 g/mol. The van der Waals surface area contributed by atoms with Gasteiger partial charge in [-0.25, -0.2) is 9.59 Å². The zero-order chi connectivity index (χ0) is 15.2.